The quantitative estimate of drug-likeness (QED) is 0.689. The first-order valence-electron chi connectivity index (χ1n) is 3.78. The molecular formula is C9H9N3. The van der Waals surface area contributed by atoms with Crippen molar-refractivity contribution in [1.29, 1.82) is 0 Å². The van der Waals surface area contributed by atoms with Gasteiger partial charge in [0.05, 0.1) is 17.6 Å². The SMILES string of the molecule is Cc1cnc(-c2ccc[nH]2)cn1. The summed E-state index contributed by atoms with van der Waals surface area (Å²) < 4.78 is 0. The highest BCUT2D eigenvalue weighted by Gasteiger charge is 1.97. The molecule has 0 aliphatic carbocycles. The lowest BCUT2D eigenvalue weighted by atomic mass is 10.3. The van der Waals surface area contributed by atoms with E-state index in [9.17, 15) is 0 Å². The molecule has 0 bridgehead atoms. The van der Waals surface area contributed by atoms with Crippen LogP contribution in [0.4, 0.5) is 0 Å². The molecule has 12 heavy (non-hydrogen) atoms. The van der Waals surface area contributed by atoms with Gasteiger partial charge in [-0.3, -0.25) is 9.97 Å². The van der Waals surface area contributed by atoms with Crippen molar-refractivity contribution in [3.05, 3.63) is 36.4 Å². The van der Waals surface area contributed by atoms with Crippen molar-refractivity contribution in [3.63, 3.8) is 0 Å². The number of H-pyrrole nitrogens is 1. The average molecular weight is 159 g/mol. The highest BCUT2D eigenvalue weighted by atomic mass is 14.8. The van der Waals surface area contributed by atoms with E-state index in [0.29, 0.717) is 0 Å². The van der Waals surface area contributed by atoms with Crippen LogP contribution < -0.4 is 0 Å². The van der Waals surface area contributed by atoms with Crippen molar-refractivity contribution in [2.45, 2.75) is 6.92 Å². The molecule has 0 aliphatic heterocycles. The average Bonchev–Trinajstić information content (AvgIpc) is 2.58. The third kappa shape index (κ3) is 1.21. The minimum atomic E-state index is 0.880. The molecule has 0 unspecified atom stereocenters. The monoisotopic (exact) mass is 159 g/mol. The molecule has 0 radical (unpaired) electrons. The first kappa shape index (κ1) is 7.03. The zero-order valence-electron chi connectivity index (χ0n) is 6.78. The van der Waals surface area contributed by atoms with E-state index in [1.807, 2.05) is 25.3 Å². The number of aromatic amines is 1. The summed E-state index contributed by atoms with van der Waals surface area (Å²) >= 11 is 0. The summed E-state index contributed by atoms with van der Waals surface area (Å²) in [6, 6.07) is 3.91. The predicted molar refractivity (Wildman–Crippen MR) is 46.6 cm³/mol. The van der Waals surface area contributed by atoms with Gasteiger partial charge in [0.25, 0.3) is 0 Å². The fourth-order valence-electron chi connectivity index (χ4n) is 1.02. The molecular weight excluding hydrogens is 150 g/mol. The van der Waals surface area contributed by atoms with Gasteiger partial charge in [-0.05, 0) is 19.1 Å². The van der Waals surface area contributed by atoms with Crippen LogP contribution in [0.3, 0.4) is 0 Å². The van der Waals surface area contributed by atoms with Gasteiger partial charge in [0.1, 0.15) is 5.69 Å². The maximum absolute atomic E-state index is 4.23. The Hall–Kier alpha value is -1.64. The molecule has 0 aliphatic rings. The van der Waals surface area contributed by atoms with Gasteiger partial charge in [0.2, 0.25) is 0 Å². The first-order valence-corrected chi connectivity index (χ1v) is 3.78. The van der Waals surface area contributed by atoms with E-state index in [4.69, 9.17) is 0 Å². The van der Waals surface area contributed by atoms with Crippen molar-refractivity contribution in [1.82, 2.24) is 15.0 Å². The van der Waals surface area contributed by atoms with E-state index in [-0.39, 0.29) is 0 Å². The predicted octanol–water partition coefficient (Wildman–Crippen LogP) is 1.78. The number of nitrogens with one attached hydrogen (secondary N) is 1. The minimum absolute atomic E-state index is 0.880. The van der Waals surface area contributed by atoms with Crippen molar-refractivity contribution in [3.8, 4) is 11.4 Å². The molecule has 60 valence electrons. The molecule has 0 fully saturated rings. The Kier molecular flexibility index (Phi) is 1.63. The van der Waals surface area contributed by atoms with E-state index in [2.05, 4.69) is 15.0 Å². The molecule has 3 heteroatoms. The van der Waals surface area contributed by atoms with Crippen molar-refractivity contribution < 1.29 is 0 Å². The topological polar surface area (TPSA) is 41.6 Å². The zero-order valence-corrected chi connectivity index (χ0v) is 6.78. The summed E-state index contributed by atoms with van der Waals surface area (Å²) in [7, 11) is 0. The molecule has 0 saturated heterocycles. The van der Waals surface area contributed by atoms with Crippen LogP contribution in [-0.4, -0.2) is 15.0 Å². The summed E-state index contributed by atoms with van der Waals surface area (Å²) in [6.45, 7) is 1.92. The summed E-state index contributed by atoms with van der Waals surface area (Å²) in [6.07, 6.45) is 5.40. The van der Waals surface area contributed by atoms with Crippen LogP contribution in [0, 0.1) is 6.92 Å². The van der Waals surface area contributed by atoms with Crippen molar-refractivity contribution in [2.24, 2.45) is 0 Å². The number of hydrogen-bond acceptors (Lipinski definition) is 2. The molecule has 2 rings (SSSR count). The van der Waals surface area contributed by atoms with Crippen LogP contribution in [0.15, 0.2) is 30.7 Å². The summed E-state index contributed by atoms with van der Waals surface area (Å²) in [5, 5.41) is 0. The second-order valence-corrected chi connectivity index (χ2v) is 2.63. The minimum Gasteiger partial charge on any atom is -0.360 e. The van der Waals surface area contributed by atoms with E-state index >= 15 is 0 Å². The molecule has 2 heterocycles. The zero-order chi connectivity index (χ0) is 8.39. The van der Waals surface area contributed by atoms with Gasteiger partial charge in [-0.15, -0.1) is 0 Å². The van der Waals surface area contributed by atoms with Gasteiger partial charge >= 0.3 is 0 Å². The van der Waals surface area contributed by atoms with Crippen LogP contribution in [0.2, 0.25) is 0 Å². The maximum Gasteiger partial charge on any atom is 0.105 e. The highest BCUT2D eigenvalue weighted by molar-refractivity contribution is 5.52. The lowest BCUT2D eigenvalue weighted by Gasteiger charge is -1.95. The Morgan fingerprint density at radius 3 is 2.75 bits per heavy atom. The van der Waals surface area contributed by atoms with Crippen molar-refractivity contribution in [2.75, 3.05) is 0 Å². The molecule has 0 amide bonds. The Balaban J connectivity index is 2.43. The first-order chi connectivity index (χ1) is 5.86. The van der Waals surface area contributed by atoms with Gasteiger partial charge in [-0.1, -0.05) is 0 Å². The second kappa shape index (κ2) is 2.77. The second-order valence-electron chi connectivity index (χ2n) is 2.63. The van der Waals surface area contributed by atoms with Crippen LogP contribution in [-0.2, 0) is 0 Å². The number of hydrogen-bond donors (Lipinski definition) is 1. The van der Waals surface area contributed by atoms with Crippen LogP contribution in [0.5, 0.6) is 0 Å². The Morgan fingerprint density at radius 2 is 2.17 bits per heavy atom. The molecule has 3 nitrogen and oxygen atoms in total. The molecule has 1 N–H and O–H groups in total. The van der Waals surface area contributed by atoms with E-state index < -0.39 is 0 Å². The smallest absolute Gasteiger partial charge is 0.105 e. The normalized spacial score (nSPS) is 10.1. The molecule has 0 spiro atoms. The highest BCUT2D eigenvalue weighted by Crippen LogP contribution is 2.11. The van der Waals surface area contributed by atoms with Gasteiger partial charge in [-0.25, -0.2) is 0 Å². The van der Waals surface area contributed by atoms with E-state index in [0.717, 1.165) is 17.1 Å². The van der Waals surface area contributed by atoms with Gasteiger partial charge in [0, 0.05) is 12.4 Å². The van der Waals surface area contributed by atoms with E-state index in [1.54, 1.807) is 12.4 Å². The van der Waals surface area contributed by atoms with Crippen LogP contribution in [0.25, 0.3) is 11.4 Å². The van der Waals surface area contributed by atoms with Gasteiger partial charge in [0.15, 0.2) is 0 Å². The molecule has 0 saturated carbocycles. The van der Waals surface area contributed by atoms with Crippen LogP contribution in [0.1, 0.15) is 5.69 Å². The third-order valence-corrected chi connectivity index (χ3v) is 1.65. The van der Waals surface area contributed by atoms with Gasteiger partial charge < -0.3 is 4.98 Å². The fourth-order valence-corrected chi connectivity index (χ4v) is 1.02. The standard InChI is InChI=1S/C9H9N3/c1-7-5-12-9(6-11-7)8-3-2-4-10-8/h2-6,10H,1H3. The van der Waals surface area contributed by atoms with Gasteiger partial charge in [-0.2, -0.15) is 0 Å². The third-order valence-electron chi connectivity index (χ3n) is 1.65. The summed E-state index contributed by atoms with van der Waals surface area (Å²) in [5.41, 5.74) is 2.82. The number of aromatic nitrogens is 3. The number of aryl methyl sites for hydroxylation is 1. The number of nitrogens with zero attached hydrogens (tertiary/aromatic N) is 2. The molecule has 0 atom stereocenters. The lowest BCUT2D eigenvalue weighted by Crippen LogP contribution is -1.87. The largest absolute Gasteiger partial charge is 0.360 e. The van der Waals surface area contributed by atoms with Crippen molar-refractivity contribution >= 4 is 0 Å². The Labute approximate surface area is 70.5 Å². The van der Waals surface area contributed by atoms with Crippen LogP contribution >= 0.6 is 0 Å². The summed E-state index contributed by atoms with van der Waals surface area (Å²) in [4.78, 5) is 11.4. The Bertz CT molecular complexity index is 348. The number of rotatable bonds is 1. The molecule has 2 aromatic heterocycles. The van der Waals surface area contributed by atoms with E-state index in [1.165, 1.54) is 0 Å². The maximum atomic E-state index is 4.23. The summed E-state index contributed by atoms with van der Waals surface area (Å²) in [5.74, 6) is 0. The molecule has 0 aromatic carbocycles. The fraction of sp³-hybridized carbons (Fsp3) is 0.111. The Morgan fingerprint density at radius 1 is 1.25 bits per heavy atom. The molecule has 2 aromatic rings. The lowest BCUT2D eigenvalue weighted by molar-refractivity contribution is 1.11.